The number of nitrogens with zero attached hydrogens (tertiary/aromatic N) is 2. The van der Waals surface area contributed by atoms with Crippen molar-refractivity contribution < 1.29 is 4.39 Å². The third kappa shape index (κ3) is 3.50. The molecule has 0 radical (unpaired) electrons. The van der Waals surface area contributed by atoms with Crippen LogP contribution in [0.25, 0.3) is 0 Å². The molecule has 1 heterocycles. The van der Waals surface area contributed by atoms with Gasteiger partial charge >= 0.3 is 0 Å². The van der Waals surface area contributed by atoms with Crippen molar-refractivity contribution in [1.82, 2.24) is 15.2 Å². The lowest BCUT2D eigenvalue weighted by molar-refractivity contribution is 0.236. The number of pyridine rings is 1. The summed E-state index contributed by atoms with van der Waals surface area (Å²) in [7, 11) is 2.19. The van der Waals surface area contributed by atoms with Crippen molar-refractivity contribution in [3.8, 4) is 0 Å². The molecule has 2 unspecified atom stereocenters. The monoisotopic (exact) mass is 251 g/mol. The van der Waals surface area contributed by atoms with E-state index in [-0.39, 0.29) is 11.9 Å². The van der Waals surface area contributed by atoms with Gasteiger partial charge in [-0.2, -0.15) is 0 Å². The van der Waals surface area contributed by atoms with Crippen molar-refractivity contribution in [2.24, 2.45) is 0 Å². The minimum atomic E-state index is -0.284. The lowest BCUT2D eigenvalue weighted by atomic mass is 10.2. The van der Waals surface area contributed by atoms with E-state index in [1.165, 1.54) is 25.1 Å². The first kappa shape index (κ1) is 13.4. The lowest BCUT2D eigenvalue weighted by Gasteiger charge is -2.26. The van der Waals surface area contributed by atoms with Crippen LogP contribution < -0.4 is 5.32 Å². The Morgan fingerprint density at radius 1 is 1.44 bits per heavy atom. The lowest BCUT2D eigenvalue weighted by Crippen LogP contribution is -2.40. The second-order valence-electron chi connectivity index (χ2n) is 5.28. The maximum absolute atomic E-state index is 12.8. The summed E-state index contributed by atoms with van der Waals surface area (Å²) in [4.78, 5) is 6.53. The summed E-state index contributed by atoms with van der Waals surface area (Å²) in [5.41, 5.74) is 0.887. The molecule has 1 aromatic rings. The predicted octanol–water partition coefficient (Wildman–Crippen LogP) is 2.35. The molecule has 0 spiro atoms. The van der Waals surface area contributed by atoms with Gasteiger partial charge in [0.05, 0.1) is 11.9 Å². The Morgan fingerprint density at radius 2 is 2.17 bits per heavy atom. The fraction of sp³-hybridized carbons (Fsp3) is 0.643. The molecule has 0 amide bonds. The Balaban J connectivity index is 1.80. The number of rotatable bonds is 6. The fourth-order valence-corrected chi connectivity index (χ4v) is 2.08. The Hall–Kier alpha value is -1.00. The molecule has 2 rings (SSSR count). The molecular weight excluding hydrogens is 229 g/mol. The molecule has 1 aromatic heterocycles. The van der Waals surface area contributed by atoms with Crippen molar-refractivity contribution in [2.45, 2.75) is 44.8 Å². The number of likely N-dealkylation sites (N-methyl/N-ethyl adjacent to an activating group) is 1. The summed E-state index contributed by atoms with van der Waals surface area (Å²) in [6.07, 6.45) is 3.93. The van der Waals surface area contributed by atoms with E-state index in [2.05, 4.69) is 36.1 Å². The van der Waals surface area contributed by atoms with Crippen molar-refractivity contribution in [3.05, 3.63) is 29.8 Å². The molecule has 4 heteroatoms. The third-order valence-electron chi connectivity index (χ3n) is 3.73. The number of hydrogen-bond acceptors (Lipinski definition) is 3. The first-order valence-electron chi connectivity index (χ1n) is 6.64. The van der Waals surface area contributed by atoms with Crippen molar-refractivity contribution >= 4 is 0 Å². The molecule has 1 N–H and O–H groups in total. The SMILES string of the molecule is CC(NCC(C)N(C)C1CC1)c1ccc(F)cn1. The van der Waals surface area contributed by atoms with Gasteiger partial charge in [-0.25, -0.2) is 4.39 Å². The van der Waals surface area contributed by atoms with Crippen molar-refractivity contribution in [2.75, 3.05) is 13.6 Å². The van der Waals surface area contributed by atoms with Crippen LogP contribution in [-0.4, -0.2) is 35.6 Å². The maximum atomic E-state index is 12.8. The van der Waals surface area contributed by atoms with Crippen LogP contribution in [0.3, 0.4) is 0 Å². The zero-order valence-corrected chi connectivity index (χ0v) is 11.4. The summed E-state index contributed by atoms with van der Waals surface area (Å²) >= 11 is 0. The highest BCUT2D eigenvalue weighted by molar-refractivity contribution is 5.09. The Morgan fingerprint density at radius 3 is 2.72 bits per heavy atom. The van der Waals surface area contributed by atoms with Crippen molar-refractivity contribution in [3.63, 3.8) is 0 Å². The molecule has 1 fully saturated rings. The average molecular weight is 251 g/mol. The minimum absolute atomic E-state index is 0.153. The molecule has 2 atom stereocenters. The zero-order chi connectivity index (χ0) is 13.1. The number of nitrogens with one attached hydrogen (secondary N) is 1. The van der Waals surface area contributed by atoms with Crippen LogP contribution in [0.15, 0.2) is 18.3 Å². The zero-order valence-electron chi connectivity index (χ0n) is 11.4. The molecule has 3 nitrogen and oxygen atoms in total. The van der Waals surface area contributed by atoms with Crippen LogP contribution >= 0.6 is 0 Å². The van der Waals surface area contributed by atoms with E-state index in [9.17, 15) is 4.39 Å². The molecule has 0 bridgehead atoms. The van der Waals surface area contributed by atoms with Crippen LogP contribution in [0.4, 0.5) is 4.39 Å². The first-order valence-corrected chi connectivity index (χ1v) is 6.64. The topological polar surface area (TPSA) is 28.2 Å². The normalized spacial score (nSPS) is 18.9. The summed E-state index contributed by atoms with van der Waals surface area (Å²) < 4.78 is 12.8. The van der Waals surface area contributed by atoms with Crippen LogP contribution in [0.2, 0.25) is 0 Å². The smallest absolute Gasteiger partial charge is 0.141 e. The van der Waals surface area contributed by atoms with Crippen LogP contribution in [0.1, 0.15) is 38.4 Å². The van der Waals surface area contributed by atoms with Crippen LogP contribution in [-0.2, 0) is 0 Å². The van der Waals surface area contributed by atoms with Gasteiger partial charge in [0.2, 0.25) is 0 Å². The highest BCUT2D eigenvalue weighted by Gasteiger charge is 2.29. The highest BCUT2D eigenvalue weighted by Crippen LogP contribution is 2.26. The Labute approximate surface area is 108 Å². The van der Waals surface area contributed by atoms with E-state index in [0.29, 0.717) is 6.04 Å². The Bertz CT molecular complexity index is 375. The van der Waals surface area contributed by atoms with E-state index in [0.717, 1.165) is 18.3 Å². The summed E-state index contributed by atoms with van der Waals surface area (Å²) in [6, 6.07) is 4.64. The minimum Gasteiger partial charge on any atom is -0.307 e. The van der Waals surface area contributed by atoms with Crippen LogP contribution in [0, 0.1) is 5.82 Å². The van der Waals surface area contributed by atoms with E-state index in [4.69, 9.17) is 0 Å². The van der Waals surface area contributed by atoms with Crippen LogP contribution in [0.5, 0.6) is 0 Å². The highest BCUT2D eigenvalue weighted by atomic mass is 19.1. The fourth-order valence-electron chi connectivity index (χ4n) is 2.08. The number of hydrogen-bond donors (Lipinski definition) is 1. The first-order chi connectivity index (χ1) is 8.58. The number of halogens is 1. The van der Waals surface area contributed by atoms with Gasteiger partial charge in [0, 0.05) is 24.7 Å². The van der Waals surface area contributed by atoms with E-state index < -0.39 is 0 Å². The van der Waals surface area contributed by atoms with Gasteiger partial charge in [-0.05, 0) is 45.9 Å². The Kier molecular flexibility index (Phi) is 4.30. The van der Waals surface area contributed by atoms with Gasteiger partial charge < -0.3 is 5.32 Å². The molecule has 0 aromatic carbocycles. The predicted molar refractivity (Wildman–Crippen MR) is 70.9 cm³/mol. The van der Waals surface area contributed by atoms with Crippen molar-refractivity contribution in [1.29, 1.82) is 0 Å². The van der Waals surface area contributed by atoms with E-state index >= 15 is 0 Å². The molecular formula is C14H22FN3. The second kappa shape index (κ2) is 5.76. The molecule has 1 aliphatic rings. The summed E-state index contributed by atoms with van der Waals surface area (Å²) in [5.74, 6) is -0.284. The molecule has 1 saturated carbocycles. The number of aromatic nitrogens is 1. The van der Waals surface area contributed by atoms with Gasteiger partial charge in [0.1, 0.15) is 5.82 Å². The van der Waals surface area contributed by atoms with Gasteiger partial charge in [0.15, 0.2) is 0 Å². The summed E-state index contributed by atoms with van der Waals surface area (Å²) in [6.45, 7) is 5.22. The van der Waals surface area contributed by atoms with Gasteiger partial charge in [0.25, 0.3) is 0 Å². The van der Waals surface area contributed by atoms with Gasteiger partial charge in [-0.1, -0.05) is 0 Å². The molecule has 0 aliphatic heterocycles. The maximum Gasteiger partial charge on any atom is 0.141 e. The average Bonchev–Trinajstić information content (AvgIpc) is 3.19. The molecule has 0 saturated heterocycles. The quantitative estimate of drug-likeness (QED) is 0.841. The molecule has 100 valence electrons. The molecule has 1 aliphatic carbocycles. The molecule has 18 heavy (non-hydrogen) atoms. The third-order valence-corrected chi connectivity index (χ3v) is 3.73. The van der Waals surface area contributed by atoms with E-state index in [1.54, 1.807) is 6.07 Å². The summed E-state index contributed by atoms with van der Waals surface area (Å²) in [5, 5.41) is 3.46. The van der Waals surface area contributed by atoms with Gasteiger partial charge in [-0.15, -0.1) is 0 Å². The largest absolute Gasteiger partial charge is 0.307 e. The second-order valence-corrected chi connectivity index (χ2v) is 5.28. The standard InChI is InChI=1S/C14H22FN3/c1-10(18(3)13-5-6-13)8-16-11(2)14-7-4-12(15)9-17-14/h4,7,9-11,13,16H,5-6,8H2,1-3H3. The van der Waals surface area contributed by atoms with E-state index in [1.807, 2.05) is 0 Å². The van der Waals surface area contributed by atoms with Gasteiger partial charge in [-0.3, -0.25) is 9.88 Å².